The minimum Gasteiger partial charge on any atom is -0.316 e. The van der Waals surface area contributed by atoms with E-state index >= 15 is 0 Å². The Morgan fingerprint density at radius 3 is 2.44 bits per heavy atom. The molecule has 0 saturated carbocycles. The van der Waals surface area contributed by atoms with Crippen LogP contribution in [0.5, 0.6) is 0 Å². The number of rotatable bonds is 3. The second-order valence-corrected chi connectivity index (χ2v) is 3.94. The molecule has 0 aliphatic heterocycles. The minimum atomic E-state index is -0.960. The molecule has 94 valence electrons. The molecule has 0 saturated heterocycles. The van der Waals surface area contributed by atoms with E-state index in [2.05, 4.69) is 5.32 Å². The molecule has 2 aromatic carbocycles. The molecule has 2 aromatic rings. The minimum absolute atomic E-state index is 0.0601. The van der Waals surface area contributed by atoms with Crippen molar-refractivity contribution in [2.24, 2.45) is 0 Å². The molecule has 0 spiro atoms. The van der Waals surface area contributed by atoms with Crippen molar-refractivity contribution in [2.45, 2.75) is 6.54 Å². The number of hydrogen-bond donors (Lipinski definition) is 1. The van der Waals surface area contributed by atoms with Crippen LogP contribution in [0.4, 0.5) is 13.2 Å². The topological polar surface area (TPSA) is 12.0 Å². The molecule has 0 radical (unpaired) electrons. The van der Waals surface area contributed by atoms with Gasteiger partial charge in [0.25, 0.3) is 0 Å². The Bertz CT molecular complexity index is 567. The largest absolute Gasteiger partial charge is 0.316 e. The number of halogens is 3. The van der Waals surface area contributed by atoms with Crippen LogP contribution >= 0.6 is 0 Å². The fraction of sp³-hybridized carbons (Fsp3) is 0.143. The van der Waals surface area contributed by atoms with Gasteiger partial charge in [-0.25, -0.2) is 13.2 Å². The van der Waals surface area contributed by atoms with Crippen molar-refractivity contribution in [1.29, 1.82) is 0 Å². The number of hydrogen-bond acceptors (Lipinski definition) is 1. The van der Waals surface area contributed by atoms with Crippen molar-refractivity contribution < 1.29 is 13.2 Å². The highest BCUT2D eigenvalue weighted by atomic mass is 19.2. The first kappa shape index (κ1) is 12.6. The van der Waals surface area contributed by atoms with Crippen molar-refractivity contribution in [3.63, 3.8) is 0 Å². The van der Waals surface area contributed by atoms with Gasteiger partial charge in [-0.3, -0.25) is 0 Å². The van der Waals surface area contributed by atoms with E-state index in [-0.39, 0.29) is 5.56 Å². The Morgan fingerprint density at radius 1 is 1.00 bits per heavy atom. The molecule has 0 aliphatic carbocycles. The average molecular weight is 251 g/mol. The summed E-state index contributed by atoms with van der Waals surface area (Å²) in [4.78, 5) is 0. The lowest BCUT2D eigenvalue weighted by Crippen LogP contribution is -2.06. The standard InChI is InChI=1S/C14H12F3N/c1-18-8-10-6-5-9(7-13(10)16)11-3-2-4-12(15)14(11)17/h2-7,18H,8H2,1H3. The maximum absolute atomic E-state index is 13.7. The van der Waals surface area contributed by atoms with Crippen LogP contribution in [0.25, 0.3) is 11.1 Å². The van der Waals surface area contributed by atoms with Crippen molar-refractivity contribution in [1.82, 2.24) is 5.32 Å². The smallest absolute Gasteiger partial charge is 0.166 e. The summed E-state index contributed by atoms with van der Waals surface area (Å²) >= 11 is 0. The molecule has 18 heavy (non-hydrogen) atoms. The molecular formula is C14H12F3N. The van der Waals surface area contributed by atoms with Crippen molar-refractivity contribution in [3.8, 4) is 11.1 Å². The van der Waals surface area contributed by atoms with Gasteiger partial charge in [0.2, 0.25) is 0 Å². The third-order valence-electron chi connectivity index (χ3n) is 2.68. The van der Waals surface area contributed by atoms with E-state index in [1.54, 1.807) is 19.2 Å². The number of benzene rings is 2. The first-order chi connectivity index (χ1) is 8.63. The van der Waals surface area contributed by atoms with E-state index in [4.69, 9.17) is 0 Å². The van der Waals surface area contributed by atoms with Crippen molar-refractivity contribution in [2.75, 3.05) is 7.05 Å². The van der Waals surface area contributed by atoms with Gasteiger partial charge in [0, 0.05) is 17.7 Å². The lowest BCUT2D eigenvalue weighted by Gasteiger charge is -2.07. The lowest BCUT2D eigenvalue weighted by atomic mass is 10.0. The van der Waals surface area contributed by atoms with Gasteiger partial charge in [0.05, 0.1) is 0 Å². The van der Waals surface area contributed by atoms with E-state index in [0.717, 1.165) is 6.07 Å². The van der Waals surface area contributed by atoms with Gasteiger partial charge in [-0.2, -0.15) is 0 Å². The van der Waals surface area contributed by atoms with Gasteiger partial charge < -0.3 is 5.32 Å². The van der Waals surface area contributed by atoms with Crippen LogP contribution in [-0.4, -0.2) is 7.05 Å². The Labute approximate surface area is 103 Å². The highest BCUT2D eigenvalue weighted by Gasteiger charge is 2.11. The van der Waals surface area contributed by atoms with Gasteiger partial charge in [-0.05, 0) is 24.7 Å². The fourth-order valence-electron chi connectivity index (χ4n) is 1.78. The predicted octanol–water partition coefficient (Wildman–Crippen LogP) is 3.49. The zero-order valence-corrected chi connectivity index (χ0v) is 9.81. The van der Waals surface area contributed by atoms with Gasteiger partial charge in [0.1, 0.15) is 5.82 Å². The molecule has 1 nitrogen and oxygen atoms in total. The zero-order chi connectivity index (χ0) is 13.1. The van der Waals surface area contributed by atoms with Gasteiger partial charge in [-0.1, -0.05) is 24.3 Å². The molecule has 4 heteroatoms. The molecular weight excluding hydrogens is 239 g/mol. The van der Waals surface area contributed by atoms with Gasteiger partial charge in [-0.15, -0.1) is 0 Å². The van der Waals surface area contributed by atoms with E-state index in [0.29, 0.717) is 17.7 Å². The molecule has 0 fully saturated rings. The second-order valence-electron chi connectivity index (χ2n) is 3.94. The summed E-state index contributed by atoms with van der Waals surface area (Å²) in [6.45, 7) is 0.387. The molecule has 2 rings (SSSR count). The van der Waals surface area contributed by atoms with E-state index in [1.165, 1.54) is 18.2 Å². The first-order valence-electron chi connectivity index (χ1n) is 5.51. The molecule has 0 aliphatic rings. The molecule has 0 heterocycles. The Morgan fingerprint density at radius 2 is 1.78 bits per heavy atom. The van der Waals surface area contributed by atoms with Crippen LogP contribution in [0.2, 0.25) is 0 Å². The summed E-state index contributed by atoms with van der Waals surface area (Å²) in [5.74, 6) is -2.34. The normalized spacial score (nSPS) is 10.7. The highest BCUT2D eigenvalue weighted by Crippen LogP contribution is 2.26. The molecule has 0 amide bonds. The highest BCUT2D eigenvalue weighted by molar-refractivity contribution is 5.64. The Hall–Kier alpha value is -1.81. The van der Waals surface area contributed by atoms with E-state index in [9.17, 15) is 13.2 Å². The fourth-order valence-corrected chi connectivity index (χ4v) is 1.78. The summed E-state index contributed by atoms with van der Waals surface area (Å²) in [6, 6.07) is 8.20. The van der Waals surface area contributed by atoms with Crippen molar-refractivity contribution >= 4 is 0 Å². The first-order valence-corrected chi connectivity index (χ1v) is 5.51. The van der Waals surface area contributed by atoms with Crippen LogP contribution < -0.4 is 5.32 Å². The second kappa shape index (κ2) is 5.23. The Kier molecular flexibility index (Phi) is 3.67. The molecule has 0 aromatic heterocycles. The van der Waals surface area contributed by atoms with E-state index in [1.807, 2.05) is 0 Å². The van der Waals surface area contributed by atoms with Crippen LogP contribution in [0.3, 0.4) is 0 Å². The van der Waals surface area contributed by atoms with Crippen LogP contribution in [0.15, 0.2) is 36.4 Å². The maximum Gasteiger partial charge on any atom is 0.166 e. The Balaban J connectivity index is 2.46. The lowest BCUT2D eigenvalue weighted by molar-refractivity contribution is 0.511. The van der Waals surface area contributed by atoms with E-state index < -0.39 is 17.5 Å². The molecule has 0 unspecified atom stereocenters. The van der Waals surface area contributed by atoms with Crippen LogP contribution in [0, 0.1) is 17.5 Å². The SMILES string of the molecule is CNCc1ccc(-c2cccc(F)c2F)cc1F. The summed E-state index contributed by atoms with van der Waals surface area (Å²) in [6.07, 6.45) is 0. The quantitative estimate of drug-likeness (QED) is 0.880. The molecule has 0 atom stereocenters. The third kappa shape index (κ3) is 2.38. The summed E-state index contributed by atoms with van der Waals surface area (Å²) in [5, 5.41) is 2.83. The van der Waals surface area contributed by atoms with Gasteiger partial charge in [0.15, 0.2) is 11.6 Å². The summed E-state index contributed by atoms with van der Waals surface area (Å²) in [7, 11) is 1.71. The van der Waals surface area contributed by atoms with Crippen LogP contribution in [0.1, 0.15) is 5.56 Å². The molecule has 0 bridgehead atoms. The van der Waals surface area contributed by atoms with Crippen molar-refractivity contribution in [3.05, 3.63) is 59.4 Å². The maximum atomic E-state index is 13.7. The predicted molar refractivity (Wildman–Crippen MR) is 64.5 cm³/mol. The summed E-state index contributed by atoms with van der Waals surface area (Å²) in [5.41, 5.74) is 0.868. The third-order valence-corrected chi connectivity index (χ3v) is 2.68. The monoisotopic (exact) mass is 251 g/mol. The number of nitrogens with one attached hydrogen (secondary N) is 1. The average Bonchev–Trinajstić information content (AvgIpc) is 2.35. The van der Waals surface area contributed by atoms with Crippen LogP contribution in [-0.2, 0) is 6.54 Å². The zero-order valence-electron chi connectivity index (χ0n) is 9.81. The molecule has 1 N–H and O–H groups in total. The van der Waals surface area contributed by atoms with Gasteiger partial charge >= 0.3 is 0 Å². The summed E-state index contributed by atoms with van der Waals surface area (Å²) < 4.78 is 40.3.